The van der Waals surface area contributed by atoms with Crippen molar-refractivity contribution < 1.29 is 4.74 Å². The van der Waals surface area contributed by atoms with Crippen molar-refractivity contribution >= 4 is 16.5 Å². The zero-order valence-electron chi connectivity index (χ0n) is 11.9. The van der Waals surface area contributed by atoms with E-state index in [9.17, 15) is 0 Å². The van der Waals surface area contributed by atoms with E-state index in [0.29, 0.717) is 12.0 Å². The fourth-order valence-corrected chi connectivity index (χ4v) is 2.89. The summed E-state index contributed by atoms with van der Waals surface area (Å²) in [5, 5.41) is 5.97. The molecule has 3 rings (SSSR count). The number of hydrogen-bond donors (Lipinski definition) is 2. The zero-order valence-corrected chi connectivity index (χ0v) is 11.9. The van der Waals surface area contributed by atoms with Crippen LogP contribution in [-0.2, 0) is 11.3 Å². The second kappa shape index (κ2) is 5.81. The summed E-state index contributed by atoms with van der Waals surface area (Å²) in [6, 6.07) is 12.6. The van der Waals surface area contributed by atoms with Crippen molar-refractivity contribution in [1.29, 1.82) is 0 Å². The van der Waals surface area contributed by atoms with Gasteiger partial charge >= 0.3 is 0 Å². The summed E-state index contributed by atoms with van der Waals surface area (Å²) in [5.41, 5.74) is 8.19. The molecule has 0 aliphatic carbocycles. The molecule has 1 aliphatic heterocycles. The Morgan fingerprint density at radius 2 is 2.00 bits per heavy atom. The maximum Gasteiger partial charge on any atom is 0.0588 e. The van der Waals surface area contributed by atoms with E-state index >= 15 is 0 Å². The second-order valence-electron chi connectivity index (χ2n) is 5.65. The predicted molar refractivity (Wildman–Crippen MR) is 83.6 cm³/mol. The van der Waals surface area contributed by atoms with Crippen molar-refractivity contribution in [3.63, 3.8) is 0 Å². The van der Waals surface area contributed by atoms with Crippen LogP contribution >= 0.6 is 0 Å². The van der Waals surface area contributed by atoms with Crippen LogP contribution in [0.4, 0.5) is 5.69 Å². The lowest BCUT2D eigenvalue weighted by atomic mass is 10.0. The lowest BCUT2D eigenvalue weighted by Gasteiger charge is -2.15. The molecule has 0 spiro atoms. The van der Waals surface area contributed by atoms with E-state index in [0.717, 1.165) is 31.8 Å². The van der Waals surface area contributed by atoms with E-state index in [1.54, 1.807) is 0 Å². The fourth-order valence-electron chi connectivity index (χ4n) is 2.89. The van der Waals surface area contributed by atoms with Crippen molar-refractivity contribution in [2.45, 2.75) is 26.0 Å². The Labute approximate surface area is 120 Å². The molecule has 3 heteroatoms. The minimum atomic E-state index is 0.372. The molecular weight excluding hydrogens is 248 g/mol. The van der Waals surface area contributed by atoms with Gasteiger partial charge in [-0.2, -0.15) is 0 Å². The maximum atomic E-state index is 6.14. The third kappa shape index (κ3) is 2.79. The summed E-state index contributed by atoms with van der Waals surface area (Å²) >= 11 is 0. The number of nitrogens with one attached hydrogen (secondary N) is 1. The van der Waals surface area contributed by atoms with Crippen molar-refractivity contribution in [3.05, 3.63) is 42.0 Å². The molecule has 0 amide bonds. The molecule has 2 unspecified atom stereocenters. The number of nitrogens with two attached hydrogens (primary N) is 1. The first kappa shape index (κ1) is 13.4. The van der Waals surface area contributed by atoms with E-state index in [1.807, 2.05) is 6.07 Å². The van der Waals surface area contributed by atoms with Gasteiger partial charge in [-0.15, -0.1) is 0 Å². The molecule has 2 aromatic rings. The number of benzene rings is 2. The highest BCUT2D eigenvalue weighted by Crippen LogP contribution is 2.23. The van der Waals surface area contributed by atoms with Crippen LogP contribution < -0.4 is 11.1 Å². The predicted octanol–water partition coefficient (Wildman–Crippen LogP) is 2.94. The number of fused-ring (bicyclic) bond motifs is 1. The molecule has 0 radical (unpaired) electrons. The molecule has 2 atom stereocenters. The van der Waals surface area contributed by atoms with Gasteiger partial charge in [0.15, 0.2) is 0 Å². The average Bonchev–Trinajstić information content (AvgIpc) is 2.85. The third-order valence-electron chi connectivity index (χ3n) is 4.26. The van der Waals surface area contributed by atoms with Crippen molar-refractivity contribution in [1.82, 2.24) is 5.32 Å². The molecule has 1 aliphatic rings. The summed E-state index contributed by atoms with van der Waals surface area (Å²) < 4.78 is 5.58. The van der Waals surface area contributed by atoms with Gasteiger partial charge in [-0.1, -0.05) is 24.3 Å². The molecule has 0 bridgehead atoms. The highest BCUT2D eigenvalue weighted by molar-refractivity contribution is 5.86. The monoisotopic (exact) mass is 270 g/mol. The molecule has 1 saturated heterocycles. The van der Waals surface area contributed by atoms with Crippen LogP contribution in [-0.4, -0.2) is 19.3 Å². The van der Waals surface area contributed by atoms with Gasteiger partial charge in [-0.3, -0.25) is 0 Å². The van der Waals surface area contributed by atoms with Gasteiger partial charge in [-0.05, 0) is 47.7 Å². The molecule has 1 fully saturated rings. The zero-order chi connectivity index (χ0) is 13.9. The van der Waals surface area contributed by atoms with Crippen LogP contribution in [0.2, 0.25) is 0 Å². The summed E-state index contributed by atoms with van der Waals surface area (Å²) in [5.74, 6) is 0.622. The van der Waals surface area contributed by atoms with Gasteiger partial charge in [0.2, 0.25) is 0 Å². The van der Waals surface area contributed by atoms with Gasteiger partial charge in [0.05, 0.1) is 6.10 Å². The van der Waals surface area contributed by atoms with Crippen LogP contribution in [0.1, 0.15) is 18.9 Å². The Balaban J connectivity index is 1.66. The first-order chi connectivity index (χ1) is 9.74. The first-order valence-corrected chi connectivity index (χ1v) is 7.33. The average molecular weight is 270 g/mol. The van der Waals surface area contributed by atoms with Crippen LogP contribution in [0.5, 0.6) is 0 Å². The summed E-state index contributed by atoms with van der Waals surface area (Å²) in [6.45, 7) is 4.86. The second-order valence-corrected chi connectivity index (χ2v) is 5.65. The molecule has 20 heavy (non-hydrogen) atoms. The van der Waals surface area contributed by atoms with E-state index in [-0.39, 0.29) is 0 Å². The SMILES string of the molecule is CC1OCCC1CNCc1cc2ccccc2cc1N. The Bertz CT molecular complexity index is 597. The Morgan fingerprint density at radius 1 is 1.25 bits per heavy atom. The molecule has 3 N–H and O–H groups in total. The van der Waals surface area contributed by atoms with E-state index in [4.69, 9.17) is 10.5 Å². The standard InChI is InChI=1S/C17H22N2O/c1-12-15(6-7-20-12)10-19-11-16-8-13-4-2-3-5-14(13)9-17(16)18/h2-5,8-9,12,15,19H,6-7,10-11,18H2,1H3. The van der Waals surface area contributed by atoms with Crippen LogP contribution in [0.25, 0.3) is 10.8 Å². The van der Waals surface area contributed by atoms with Crippen molar-refractivity contribution in [3.8, 4) is 0 Å². The van der Waals surface area contributed by atoms with Crippen molar-refractivity contribution in [2.24, 2.45) is 5.92 Å². The number of hydrogen-bond acceptors (Lipinski definition) is 3. The first-order valence-electron chi connectivity index (χ1n) is 7.33. The molecule has 2 aromatic carbocycles. The van der Waals surface area contributed by atoms with Gasteiger partial charge < -0.3 is 15.8 Å². The molecule has 0 saturated carbocycles. The number of nitrogen functional groups attached to an aromatic ring is 1. The van der Waals surface area contributed by atoms with Crippen LogP contribution in [0.3, 0.4) is 0 Å². The van der Waals surface area contributed by atoms with Gasteiger partial charge in [-0.25, -0.2) is 0 Å². The third-order valence-corrected chi connectivity index (χ3v) is 4.26. The molecule has 106 valence electrons. The topological polar surface area (TPSA) is 47.3 Å². The van der Waals surface area contributed by atoms with Crippen LogP contribution in [0.15, 0.2) is 36.4 Å². The number of anilines is 1. The highest BCUT2D eigenvalue weighted by Gasteiger charge is 2.23. The van der Waals surface area contributed by atoms with E-state index in [2.05, 4.69) is 42.6 Å². The van der Waals surface area contributed by atoms with Crippen molar-refractivity contribution in [2.75, 3.05) is 18.9 Å². The lowest BCUT2D eigenvalue weighted by molar-refractivity contribution is 0.105. The quantitative estimate of drug-likeness (QED) is 0.840. The maximum absolute atomic E-state index is 6.14. The van der Waals surface area contributed by atoms with E-state index in [1.165, 1.54) is 16.3 Å². The van der Waals surface area contributed by atoms with Crippen LogP contribution in [0, 0.1) is 5.92 Å². The summed E-state index contributed by atoms with van der Waals surface area (Å²) in [7, 11) is 0. The Morgan fingerprint density at radius 3 is 2.70 bits per heavy atom. The normalized spacial score (nSPS) is 22.4. The highest BCUT2D eigenvalue weighted by atomic mass is 16.5. The lowest BCUT2D eigenvalue weighted by Crippen LogP contribution is -2.26. The number of ether oxygens (including phenoxy) is 1. The van der Waals surface area contributed by atoms with Gasteiger partial charge in [0.25, 0.3) is 0 Å². The Hall–Kier alpha value is -1.58. The van der Waals surface area contributed by atoms with E-state index < -0.39 is 0 Å². The smallest absolute Gasteiger partial charge is 0.0588 e. The fraction of sp³-hybridized carbons (Fsp3) is 0.412. The Kier molecular flexibility index (Phi) is 3.90. The largest absolute Gasteiger partial charge is 0.398 e. The minimum absolute atomic E-state index is 0.372. The van der Waals surface area contributed by atoms with Gasteiger partial charge in [0.1, 0.15) is 0 Å². The summed E-state index contributed by atoms with van der Waals surface area (Å²) in [4.78, 5) is 0. The molecule has 1 heterocycles. The molecular formula is C17H22N2O. The minimum Gasteiger partial charge on any atom is -0.398 e. The molecule has 0 aromatic heterocycles. The molecule has 3 nitrogen and oxygen atoms in total. The summed E-state index contributed by atoms with van der Waals surface area (Å²) in [6.07, 6.45) is 1.53. The van der Waals surface area contributed by atoms with Gasteiger partial charge in [0, 0.05) is 25.4 Å². The number of rotatable bonds is 4.